The summed E-state index contributed by atoms with van der Waals surface area (Å²) in [6.07, 6.45) is 4.11. The Morgan fingerprint density at radius 3 is 1.00 bits per heavy atom. The molecule has 0 nitrogen and oxygen atoms in total. The molecule has 1 rings (SSSR count). The highest BCUT2D eigenvalue weighted by atomic mass is 14.3. The van der Waals surface area contributed by atoms with Crippen molar-refractivity contribution in [1.29, 1.82) is 0 Å². The van der Waals surface area contributed by atoms with E-state index in [-0.39, 0.29) is 22.3 Å². The summed E-state index contributed by atoms with van der Waals surface area (Å²) in [6, 6.07) is 0. The molecular weight excluding hydrogens is 144 g/mol. The molecule has 1 aliphatic rings. The largest absolute Gasteiger partial charge is 0.0776 e. The summed E-state index contributed by atoms with van der Waals surface area (Å²) >= 11 is 0. The van der Waals surface area contributed by atoms with E-state index < -0.39 is 0 Å². The molecule has 0 amide bonds. The van der Waals surface area contributed by atoms with Crippen molar-refractivity contribution in [2.45, 2.75) is 69.2 Å². The molecule has 0 heterocycles. The van der Waals surface area contributed by atoms with Gasteiger partial charge in [-0.15, -0.1) is 0 Å². The zero-order valence-electron chi connectivity index (χ0n) is 7.28. The summed E-state index contributed by atoms with van der Waals surface area (Å²) in [6.45, 7) is 8.95. The van der Waals surface area contributed by atoms with Gasteiger partial charge >= 0.3 is 0 Å². The van der Waals surface area contributed by atoms with Crippen molar-refractivity contribution in [3.8, 4) is 0 Å². The van der Waals surface area contributed by atoms with E-state index in [9.17, 15) is 0 Å². The minimum absolute atomic E-state index is 0. The molecule has 80 valence electrons. The first-order chi connectivity index (χ1) is 4.22. The Bertz CT molecular complexity index is 49.1. The highest BCUT2D eigenvalue weighted by molar-refractivity contribution is 4.76. The van der Waals surface area contributed by atoms with Crippen LogP contribution in [0.5, 0.6) is 0 Å². The minimum Gasteiger partial charge on any atom is -0.0776 e. The second kappa shape index (κ2) is 13.6. The van der Waals surface area contributed by atoms with Gasteiger partial charge in [-0.25, -0.2) is 0 Å². The summed E-state index contributed by atoms with van der Waals surface area (Å²) in [7, 11) is 0. The molecule has 0 aliphatic heterocycles. The van der Waals surface area contributed by atoms with Gasteiger partial charge in [0.05, 0.1) is 0 Å². The average Bonchev–Trinajstić information content (AvgIpc) is 2.47. The fraction of sp³-hybridized carbons (Fsp3) is 1.00. The van der Waals surface area contributed by atoms with Crippen LogP contribution < -0.4 is 0 Å². The number of unbranched alkanes of at least 4 members (excludes halogenated alkanes) is 1. The summed E-state index contributed by atoms with van der Waals surface area (Å²) in [4.78, 5) is 0. The Labute approximate surface area is 81.8 Å². The third-order valence-electron chi connectivity index (χ3n) is 2.01. The molecule has 1 aliphatic carbocycles. The second-order valence-corrected chi connectivity index (χ2v) is 3.19. The van der Waals surface area contributed by atoms with Gasteiger partial charge in [0.2, 0.25) is 0 Å². The first-order valence-corrected chi connectivity index (χ1v) is 4.22. The van der Waals surface area contributed by atoms with Crippen LogP contribution in [0.1, 0.15) is 69.2 Å². The van der Waals surface area contributed by atoms with Crippen molar-refractivity contribution in [3.05, 3.63) is 0 Å². The average molecular weight is 176 g/mol. The van der Waals surface area contributed by atoms with Crippen molar-refractivity contribution < 1.29 is 0 Å². The third-order valence-corrected chi connectivity index (χ3v) is 2.01. The van der Waals surface area contributed by atoms with E-state index in [1.165, 1.54) is 19.3 Å². The molecule has 2 unspecified atom stereocenters. The molecule has 1 saturated carbocycles. The lowest BCUT2D eigenvalue weighted by atomic mass is 10.4. The van der Waals surface area contributed by atoms with Gasteiger partial charge in [-0.05, 0) is 18.3 Å². The van der Waals surface area contributed by atoms with Crippen LogP contribution in [0, 0.1) is 11.8 Å². The van der Waals surface area contributed by atoms with Crippen molar-refractivity contribution in [1.82, 2.24) is 0 Å². The Kier molecular flexibility index (Phi) is 25.7. The van der Waals surface area contributed by atoms with Crippen molar-refractivity contribution in [2.75, 3.05) is 0 Å². The van der Waals surface area contributed by atoms with Crippen LogP contribution >= 0.6 is 0 Å². The van der Waals surface area contributed by atoms with Gasteiger partial charge in [-0.3, -0.25) is 0 Å². The predicted octanol–water partition coefficient (Wildman–Crippen LogP) is 5.38. The van der Waals surface area contributed by atoms with Gasteiger partial charge in [0.15, 0.2) is 0 Å². The van der Waals surface area contributed by atoms with Crippen LogP contribution in [0.25, 0.3) is 0 Å². The number of hydrogen-bond donors (Lipinski definition) is 0. The maximum atomic E-state index is 2.30. The SMILES string of the molecule is C.C.C.CC1CC1C.CCCC. The lowest BCUT2D eigenvalue weighted by Crippen LogP contribution is -1.58. The maximum Gasteiger partial charge on any atom is -0.0414 e. The van der Waals surface area contributed by atoms with Gasteiger partial charge in [0.25, 0.3) is 0 Å². The number of rotatable bonds is 1. The lowest BCUT2D eigenvalue weighted by molar-refractivity contribution is 0.834. The molecule has 0 radical (unpaired) electrons. The van der Waals surface area contributed by atoms with E-state index in [1.54, 1.807) is 0 Å². The fourth-order valence-corrected chi connectivity index (χ4v) is 0.508. The van der Waals surface area contributed by atoms with Crippen LogP contribution in [0.2, 0.25) is 0 Å². The first kappa shape index (κ1) is 22.7. The van der Waals surface area contributed by atoms with Crippen molar-refractivity contribution in [3.63, 3.8) is 0 Å². The molecule has 0 N–H and O–H groups in total. The Balaban J connectivity index is -0.0000000436. The smallest absolute Gasteiger partial charge is 0.0414 e. The Morgan fingerprint density at radius 2 is 1.00 bits per heavy atom. The summed E-state index contributed by atoms with van der Waals surface area (Å²) in [5.74, 6) is 2.10. The van der Waals surface area contributed by atoms with Crippen LogP contribution in [0.15, 0.2) is 0 Å². The standard InChI is InChI=1S/C5H10.C4H10.3CH4/c1-4-3-5(4)2;1-3-4-2;;;/h4-5H,3H2,1-2H3;3-4H2,1-2H3;3*1H4. The van der Waals surface area contributed by atoms with Crippen LogP contribution in [0.4, 0.5) is 0 Å². The highest BCUT2D eigenvalue weighted by Crippen LogP contribution is 2.36. The lowest BCUT2D eigenvalue weighted by Gasteiger charge is -1.68. The van der Waals surface area contributed by atoms with Gasteiger partial charge < -0.3 is 0 Å². The summed E-state index contributed by atoms with van der Waals surface area (Å²) in [5.41, 5.74) is 0. The van der Waals surface area contributed by atoms with E-state index in [2.05, 4.69) is 27.7 Å². The molecule has 2 atom stereocenters. The van der Waals surface area contributed by atoms with E-state index >= 15 is 0 Å². The summed E-state index contributed by atoms with van der Waals surface area (Å²) < 4.78 is 0. The van der Waals surface area contributed by atoms with E-state index in [0.29, 0.717) is 0 Å². The third kappa shape index (κ3) is 16.5. The normalized spacial score (nSPS) is 23.0. The molecule has 0 aromatic heterocycles. The zero-order chi connectivity index (χ0) is 7.28. The zero-order valence-corrected chi connectivity index (χ0v) is 7.28. The van der Waals surface area contributed by atoms with Crippen LogP contribution in [-0.2, 0) is 0 Å². The van der Waals surface area contributed by atoms with Crippen LogP contribution in [0.3, 0.4) is 0 Å². The molecule has 0 saturated heterocycles. The van der Waals surface area contributed by atoms with Crippen molar-refractivity contribution >= 4 is 0 Å². The Hall–Kier alpha value is 0. The van der Waals surface area contributed by atoms with Crippen LogP contribution in [-0.4, -0.2) is 0 Å². The minimum atomic E-state index is 0. The second-order valence-electron chi connectivity index (χ2n) is 3.19. The fourth-order valence-electron chi connectivity index (χ4n) is 0.508. The molecule has 0 spiro atoms. The summed E-state index contributed by atoms with van der Waals surface area (Å²) in [5, 5.41) is 0. The molecular formula is C12H32. The first-order valence-electron chi connectivity index (χ1n) is 4.22. The molecule has 12 heavy (non-hydrogen) atoms. The molecule has 0 aromatic rings. The van der Waals surface area contributed by atoms with E-state index in [1.807, 2.05) is 0 Å². The molecule has 1 fully saturated rings. The Morgan fingerprint density at radius 1 is 0.833 bits per heavy atom. The highest BCUT2D eigenvalue weighted by Gasteiger charge is 2.26. The topological polar surface area (TPSA) is 0 Å². The predicted molar refractivity (Wildman–Crippen MR) is 63.7 cm³/mol. The van der Waals surface area contributed by atoms with Gasteiger partial charge in [0.1, 0.15) is 0 Å². The quantitative estimate of drug-likeness (QED) is 0.503. The van der Waals surface area contributed by atoms with Gasteiger partial charge in [0, 0.05) is 0 Å². The van der Waals surface area contributed by atoms with E-state index in [4.69, 9.17) is 0 Å². The number of hydrogen-bond acceptors (Lipinski definition) is 0. The molecule has 0 aromatic carbocycles. The van der Waals surface area contributed by atoms with Gasteiger partial charge in [-0.2, -0.15) is 0 Å². The van der Waals surface area contributed by atoms with E-state index in [0.717, 1.165) is 11.8 Å². The monoisotopic (exact) mass is 176 g/mol. The molecule has 0 bridgehead atoms. The van der Waals surface area contributed by atoms with Gasteiger partial charge in [-0.1, -0.05) is 62.8 Å². The maximum absolute atomic E-state index is 2.30. The molecule has 0 heteroatoms. The van der Waals surface area contributed by atoms with Crippen molar-refractivity contribution in [2.24, 2.45) is 11.8 Å².